The highest BCUT2D eigenvalue weighted by atomic mass is 35.5. The van der Waals surface area contributed by atoms with E-state index in [0.717, 1.165) is 6.07 Å². The first-order valence-electron chi connectivity index (χ1n) is 9.28. The van der Waals surface area contributed by atoms with Crippen molar-refractivity contribution in [3.63, 3.8) is 0 Å². The third-order valence-electron chi connectivity index (χ3n) is 4.94. The van der Waals surface area contributed by atoms with E-state index in [4.69, 9.17) is 11.6 Å². The lowest BCUT2D eigenvalue weighted by atomic mass is 9.91. The van der Waals surface area contributed by atoms with Crippen molar-refractivity contribution >= 4 is 33.3 Å². The van der Waals surface area contributed by atoms with Crippen molar-refractivity contribution in [3.8, 4) is 0 Å². The Labute approximate surface area is 183 Å². The van der Waals surface area contributed by atoms with Crippen molar-refractivity contribution in [1.29, 1.82) is 0 Å². The number of sulfonamides is 1. The Bertz CT molecular complexity index is 1300. The Morgan fingerprint density at radius 2 is 1.87 bits per heavy atom. The maximum Gasteiger partial charge on any atom is 0.266 e. The lowest BCUT2D eigenvalue weighted by Crippen LogP contribution is -2.41. The predicted molar refractivity (Wildman–Crippen MR) is 115 cm³/mol. The second-order valence-electron chi connectivity index (χ2n) is 6.90. The molecule has 1 atom stereocenters. The maximum atomic E-state index is 14.9. The van der Waals surface area contributed by atoms with Gasteiger partial charge in [0.25, 0.3) is 10.0 Å². The van der Waals surface area contributed by atoms with Crippen molar-refractivity contribution in [1.82, 2.24) is 9.71 Å². The Kier molecular flexibility index (Phi) is 5.63. The number of aliphatic imine (C=N–C) groups is 1. The molecule has 1 aliphatic rings. The fourth-order valence-electron chi connectivity index (χ4n) is 3.42. The molecule has 0 aliphatic carbocycles. The number of guanidine groups is 1. The number of rotatable bonds is 4. The van der Waals surface area contributed by atoms with Gasteiger partial charge in [0.1, 0.15) is 16.5 Å². The van der Waals surface area contributed by atoms with Crippen LogP contribution in [0.1, 0.15) is 29.7 Å². The average molecular weight is 463 g/mol. The second-order valence-corrected chi connectivity index (χ2v) is 8.96. The molecule has 1 aromatic heterocycles. The minimum atomic E-state index is -4.03. The molecule has 0 radical (unpaired) electrons. The number of anilines is 1. The van der Waals surface area contributed by atoms with Gasteiger partial charge in [0.05, 0.1) is 17.9 Å². The molecule has 0 bridgehead atoms. The molecule has 0 unspecified atom stereocenters. The molecular weight excluding hydrogens is 446 g/mol. The molecule has 3 aromatic rings. The molecule has 0 saturated carbocycles. The molecule has 6 nitrogen and oxygen atoms in total. The number of fused-ring (bicyclic) bond motifs is 1. The lowest BCUT2D eigenvalue weighted by molar-refractivity contribution is 0.586. The molecule has 31 heavy (non-hydrogen) atoms. The first-order valence-corrected chi connectivity index (χ1v) is 11.1. The molecule has 160 valence electrons. The Morgan fingerprint density at radius 1 is 1.10 bits per heavy atom. The molecule has 2 N–H and O–H groups in total. The molecular formula is C21H17ClF2N4O2S. The van der Waals surface area contributed by atoms with Gasteiger partial charge >= 0.3 is 0 Å². The third kappa shape index (κ3) is 4.11. The fourth-order valence-corrected chi connectivity index (χ4v) is 4.88. The standard InChI is InChI=1S/C21H17ClF2N4O2S/c1-12(13-5-2-3-6-14(13)22)19-16(24)8-9-18-20(19)27-21(28-31(18,29)30)26-11-17-15(23)7-4-10-25-17/h2-10,12H,11H2,1H3,(H2,26,27,28)/t12-/m1/s1. The number of aromatic nitrogens is 1. The number of benzene rings is 2. The van der Waals surface area contributed by atoms with E-state index in [1.807, 2.05) is 0 Å². The summed E-state index contributed by atoms with van der Waals surface area (Å²) < 4.78 is 56.6. The number of hydrogen-bond donors (Lipinski definition) is 2. The van der Waals surface area contributed by atoms with E-state index in [-0.39, 0.29) is 34.3 Å². The highest BCUT2D eigenvalue weighted by Gasteiger charge is 2.32. The van der Waals surface area contributed by atoms with Gasteiger partial charge in [-0.1, -0.05) is 36.7 Å². The van der Waals surface area contributed by atoms with Gasteiger partial charge in [0, 0.05) is 22.7 Å². The van der Waals surface area contributed by atoms with Gasteiger partial charge in [-0.3, -0.25) is 4.98 Å². The zero-order valence-electron chi connectivity index (χ0n) is 16.2. The van der Waals surface area contributed by atoms with E-state index in [1.165, 1.54) is 24.4 Å². The number of nitrogens with one attached hydrogen (secondary N) is 2. The number of pyridine rings is 1. The quantitative estimate of drug-likeness (QED) is 0.601. The van der Waals surface area contributed by atoms with E-state index in [0.29, 0.717) is 10.6 Å². The first-order chi connectivity index (χ1) is 14.8. The summed E-state index contributed by atoms with van der Waals surface area (Å²) >= 11 is 6.28. The maximum absolute atomic E-state index is 14.9. The van der Waals surface area contributed by atoms with E-state index >= 15 is 0 Å². The zero-order chi connectivity index (χ0) is 22.2. The summed E-state index contributed by atoms with van der Waals surface area (Å²) in [4.78, 5) is 7.86. The smallest absolute Gasteiger partial charge is 0.266 e. The largest absolute Gasteiger partial charge is 0.324 e. The summed E-state index contributed by atoms with van der Waals surface area (Å²) in [6.45, 7) is 1.52. The first kappa shape index (κ1) is 21.2. The van der Waals surface area contributed by atoms with E-state index in [9.17, 15) is 17.2 Å². The average Bonchev–Trinajstić information content (AvgIpc) is 2.72. The van der Waals surface area contributed by atoms with Crippen LogP contribution in [-0.2, 0) is 16.6 Å². The molecule has 0 spiro atoms. The van der Waals surface area contributed by atoms with Crippen molar-refractivity contribution < 1.29 is 17.2 Å². The van der Waals surface area contributed by atoms with E-state index < -0.39 is 27.6 Å². The van der Waals surface area contributed by atoms with Crippen LogP contribution in [0.25, 0.3) is 0 Å². The lowest BCUT2D eigenvalue weighted by Gasteiger charge is -2.27. The Balaban J connectivity index is 1.78. The van der Waals surface area contributed by atoms with Crippen LogP contribution in [0.5, 0.6) is 0 Å². The van der Waals surface area contributed by atoms with Gasteiger partial charge in [0.15, 0.2) is 0 Å². The summed E-state index contributed by atoms with van der Waals surface area (Å²) in [5, 5.41) is 3.28. The summed E-state index contributed by atoms with van der Waals surface area (Å²) in [5.41, 5.74) is 0.882. The van der Waals surface area contributed by atoms with Crippen LogP contribution in [0.4, 0.5) is 14.5 Å². The number of hydrogen-bond acceptors (Lipinski definition) is 4. The van der Waals surface area contributed by atoms with Crippen LogP contribution in [-0.4, -0.2) is 19.4 Å². The molecule has 0 fully saturated rings. The SMILES string of the molecule is C[C@H](c1ccccc1Cl)c1c(F)ccc2c1NC(=NCc1ncccc1F)NS2(=O)=O. The van der Waals surface area contributed by atoms with Crippen LogP contribution in [0.3, 0.4) is 0 Å². The Morgan fingerprint density at radius 3 is 2.61 bits per heavy atom. The second kappa shape index (κ2) is 8.24. The Hall–Kier alpha value is -3.04. The summed E-state index contributed by atoms with van der Waals surface area (Å²) in [7, 11) is -4.03. The van der Waals surface area contributed by atoms with Crippen LogP contribution < -0.4 is 10.0 Å². The molecule has 0 saturated heterocycles. The summed E-state index contributed by atoms with van der Waals surface area (Å²) in [6.07, 6.45) is 1.41. The van der Waals surface area contributed by atoms with Crippen molar-refractivity contribution in [2.45, 2.75) is 24.3 Å². The van der Waals surface area contributed by atoms with Crippen LogP contribution in [0.15, 0.2) is 64.6 Å². The van der Waals surface area contributed by atoms with Crippen molar-refractivity contribution in [3.05, 3.63) is 88.2 Å². The molecule has 2 heterocycles. The minimum Gasteiger partial charge on any atom is -0.324 e. The number of halogens is 3. The summed E-state index contributed by atoms with van der Waals surface area (Å²) in [6, 6.07) is 11.9. The highest BCUT2D eigenvalue weighted by molar-refractivity contribution is 7.90. The molecule has 0 amide bonds. The van der Waals surface area contributed by atoms with Crippen LogP contribution >= 0.6 is 11.6 Å². The van der Waals surface area contributed by atoms with Gasteiger partial charge < -0.3 is 5.32 Å². The monoisotopic (exact) mass is 462 g/mol. The van der Waals surface area contributed by atoms with Gasteiger partial charge in [-0.2, -0.15) is 0 Å². The molecule has 10 heteroatoms. The third-order valence-corrected chi connectivity index (χ3v) is 6.67. The van der Waals surface area contributed by atoms with Gasteiger partial charge in [-0.05, 0) is 35.9 Å². The normalized spacial score (nSPS) is 16.8. The molecule has 2 aromatic carbocycles. The highest BCUT2D eigenvalue weighted by Crippen LogP contribution is 2.39. The zero-order valence-corrected chi connectivity index (χ0v) is 17.8. The topological polar surface area (TPSA) is 83.4 Å². The predicted octanol–water partition coefficient (Wildman–Crippen LogP) is 4.43. The van der Waals surface area contributed by atoms with Crippen molar-refractivity contribution in [2.24, 2.45) is 4.99 Å². The van der Waals surface area contributed by atoms with E-state index in [1.54, 1.807) is 31.2 Å². The minimum absolute atomic E-state index is 0.0469. The fraction of sp³-hybridized carbons (Fsp3) is 0.143. The number of nitrogens with zero attached hydrogens (tertiary/aromatic N) is 2. The molecule has 4 rings (SSSR count). The van der Waals surface area contributed by atoms with Gasteiger partial charge in [0.2, 0.25) is 5.96 Å². The van der Waals surface area contributed by atoms with Crippen molar-refractivity contribution in [2.75, 3.05) is 5.32 Å². The van der Waals surface area contributed by atoms with E-state index in [2.05, 4.69) is 20.0 Å². The van der Waals surface area contributed by atoms with Gasteiger partial charge in [-0.15, -0.1) is 0 Å². The summed E-state index contributed by atoms with van der Waals surface area (Å²) in [5.74, 6) is -1.87. The van der Waals surface area contributed by atoms with Crippen LogP contribution in [0, 0.1) is 11.6 Å². The van der Waals surface area contributed by atoms with Crippen LogP contribution in [0.2, 0.25) is 5.02 Å². The van der Waals surface area contributed by atoms with Gasteiger partial charge in [-0.25, -0.2) is 26.9 Å². The molecule has 1 aliphatic heterocycles.